The molecule has 9 heteroatoms. The number of hydrogen-bond acceptors (Lipinski definition) is 3. The summed E-state index contributed by atoms with van der Waals surface area (Å²) in [5.41, 5.74) is -0.463. The molecule has 3 N–H and O–H groups in total. The number of amides is 1. The van der Waals surface area contributed by atoms with E-state index in [0.717, 1.165) is 24.3 Å². The van der Waals surface area contributed by atoms with Crippen LogP contribution in [0.4, 0.5) is 13.2 Å². The van der Waals surface area contributed by atoms with Crippen LogP contribution in [0.15, 0.2) is 48.5 Å². The summed E-state index contributed by atoms with van der Waals surface area (Å²) in [4.78, 5) is 23.5. The lowest BCUT2D eigenvalue weighted by Gasteiger charge is -2.18. The third kappa shape index (κ3) is 5.70. The van der Waals surface area contributed by atoms with Crippen molar-refractivity contribution in [3.63, 3.8) is 0 Å². The number of nitrogens with one attached hydrogen (secondary N) is 1. The second-order valence-corrected chi connectivity index (χ2v) is 6.19. The second kappa shape index (κ2) is 8.41. The van der Waals surface area contributed by atoms with Crippen LogP contribution in [0, 0.1) is 0 Å². The normalized spacial score (nSPS) is 13.7. The molecule has 1 amide bonds. The van der Waals surface area contributed by atoms with Crippen molar-refractivity contribution in [3.8, 4) is 0 Å². The van der Waals surface area contributed by atoms with Crippen LogP contribution in [0.2, 0.25) is 5.02 Å². The number of carbonyl (C=O) groups excluding carboxylic acids is 1. The van der Waals surface area contributed by atoms with Gasteiger partial charge in [-0.3, -0.25) is 4.79 Å². The Hall–Kier alpha value is -2.58. The van der Waals surface area contributed by atoms with Crippen LogP contribution < -0.4 is 5.32 Å². The highest BCUT2D eigenvalue weighted by Gasteiger charge is 2.31. The topological polar surface area (TPSA) is 86.6 Å². The van der Waals surface area contributed by atoms with Crippen molar-refractivity contribution in [2.24, 2.45) is 0 Å². The van der Waals surface area contributed by atoms with Crippen LogP contribution in [-0.4, -0.2) is 28.1 Å². The zero-order valence-corrected chi connectivity index (χ0v) is 14.5. The van der Waals surface area contributed by atoms with Gasteiger partial charge in [0.15, 0.2) is 6.10 Å². The Balaban J connectivity index is 2.09. The van der Waals surface area contributed by atoms with E-state index in [4.69, 9.17) is 11.6 Å². The third-order valence-corrected chi connectivity index (χ3v) is 3.98. The molecule has 2 atom stereocenters. The molecule has 0 unspecified atom stereocenters. The smallest absolute Gasteiger partial charge is 0.416 e. The molecular formula is C18H15ClF3NO4. The van der Waals surface area contributed by atoms with Crippen molar-refractivity contribution in [2.75, 3.05) is 0 Å². The molecule has 144 valence electrons. The first-order chi connectivity index (χ1) is 12.6. The van der Waals surface area contributed by atoms with Crippen LogP contribution >= 0.6 is 11.6 Å². The average molecular weight is 402 g/mol. The maximum Gasteiger partial charge on any atom is 0.416 e. The van der Waals surface area contributed by atoms with Crippen LogP contribution in [0.1, 0.15) is 22.8 Å². The number of benzene rings is 2. The molecule has 27 heavy (non-hydrogen) atoms. The van der Waals surface area contributed by atoms with E-state index in [2.05, 4.69) is 5.32 Å². The van der Waals surface area contributed by atoms with Gasteiger partial charge in [0.1, 0.15) is 6.04 Å². The summed E-state index contributed by atoms with van der Waals surface area (Å²) in [6.07, 6.45) is -6.44. The number of aliphatic hydroxyl groups excluding tert-OH is 1. The summed E-state index contributed by atoms with van der Waals surface area (Å²) in [5.74, 6) is -2.37. The van der Waals surface area contributed by atoms with Crippen LogP contribution in [0.25, 0.3) is 0 Å². The number of rotatable bonds is 6. The van der Waals surface area contributed by atoms with Gasteiger partial charge in [-0.1, -0.05) is 35.9 Å². The molecule has 0 saturated carbocycles. The summed E-state index contributed by atoms with van der Waals surface area (Å²) < 4.78 is 37.7. The Bertz CT molecular complexity index is 824. The number of alkyl halides is 3. The number of aliphatic hydroxyl groups is 1. The van der Waals surface area contributed by atoms with Gasteiger partial charge < -0.3 is 15.5 Å². The molecule has 2 rings (SSSR count). The molecule has 0 aliphatic heterocycles. The first-order valence-electron chi connectivity index (χ1n) is 7.71. The zero-order valence-electron chi connectivity index (χ0n) is 13.7. The molecule has 5 nitrogen and oxygen atoms in total. The van der Waals surface area contributed by atoms with Crippen molar-refractivity contribution < 1.29 is 33.0 Å². The monoisotopic (exact) mass is 401 g/mol. The highest BCUT2D eigenvalue weighted by Crippen LogP contribution is 2.30. The van der Waals surface area contributed by atoms with Crippen molar-refractivity contribution >= 4 is 23.5 Å². The molecular weight excluding hydrogens is 387 g/mol. The Morgan fingerprint density at radius 1 is 1.11 bits per heavy atom. The van der Waals surface area contributed by atoms with Crippen LogP contribution in [-0.2, 0) is 22.2 Å². The molecule has 0 aliphatic carbocycles. The molecule has 0 fully saturated rings. The lowest BCUT2D eigenvalue weighted by molar-refractivity contribution is -0.143. The third-order valence-electron chi connectivity index (χ3n) is 3.75. The summed E-state index contributed by atoms with van der Waals surface area (Å²) in [6, 6.07) is 8.41. The standard InChI is InChI=1S/C18H15ClF3NO4/c19-13-3-1-2-10(8-13)9-14(17(26)27)23-16(25)15(24)11-4-6-12(7-5-11)18(20,21)22/h1-8,14-15,24H,9H2,(H,23,25)(H,26,27)/t14-,15-/m1/s1. The van der Waals surface area contributed by atoms with Crippen molar-refractivity contribution in [3.05, 3.63) is 70.2 Å². The minimum absolute atomic E-state index is 0.0820. The molecule has 2 aromatic rings. The minimum Gasteiger partial charge on any atom is -0.480 e. The zero-order chi connectivity index (χ0) is 20.2. The lowest BCUT2D eigenvalue weighted by atomic mass is 10.0. The second-order valence-electron chi connectivity index (χ2n) is 5.76. The first kappa shape index (κ1) is 20.7. The van der Waals surface area contributed by atoms with E-state index in [1.165, 1.54) is 6.07 Å². The molecule has 2 aromatic carbocycles. The van der Waals surface area contributed by atoms with Crippen molar-refractivity contribution in [1.29, 1.82) is 0 Å². The van der Waals surface area contributed by atoms with E-state index in [0.29, 0.717) is 10.6 Å². The van der Waals surface area contributed by atoms with Crippen molar-refractivity contribution in [2.45, 2.75) is 24.7 Å². The largest absolute Gasteiger partial charge is 0.480 e. The lowest BCUT2D eigenvalue weighted by Crippen LogP contribution is -2.44. The summed E-state index contributed by atoms with van der Waals surface area (Å²) in [6.45, 7) is 0. The summed E-state index contributed by atoms with van der Waals surface area (Å²) in [7, 11) is 0. The number of aliphatic carboxylic acids is 1. The predicted molar refractivity (Wildman–Crippen MR) is 91.1 cm³/mol. The Labute approximate surface area is 157 Å². The van der Waals surface area contributed by atoms with Gasteiger partial charge in [-0.25, -0.2) is 4.79 Å². The van der Waals surface area contributed by atoms with Crippen LogP contribution in [0.3, 0.4) is 0 Å². The quantitative estimate of drug-likeness (QED) is 0.693. The maximum atomic E-state index is 12.6. The van der Waals surface area contributed by atoms with Gasteiger partial charge in [0.25, 0.3) is 5.91 Å². The van der Waals surface area contributed by atoms with Gasteiger partial charge in [-0.05, 0) is 35.4 Å². The SMILES string of the molecule is O=C(O)[C@@H](Cc1cccc(Cl)c1)NC(=O)[C@H](O)c1ccc(C(F)(F)F)cc1. The molecule has 0 bridgehead atoms. The van der Waals surface area contributed by atoms with E-state index in [9.17, 15) is 33.0 Å². The number of carbonyl (C=O) groups is 2. The van der Waals surface area contributed by atoms with E-state index >= 15 is 0 Å². The molecule has 0 radical (unpaired) electrons. The fourth-order valence-corrected chi connectivity index (χ4v) is 2.57. The molecule has 0 aliphatic rings. The molecule has 0 heterocycles. The van der Waals surface area contributed by atoms with Crippen LogP contribution in [0.5, 0.6) is 0 Å². The highest BCUT2D eigenvalue weighted by atomic mass is 35.5. The van der Waals surface area contributed by atoms with Gasteiger partial charge in [-0.2, -0.15) is 13.2 Å². The Kier molecular flexibility index (Phi) is 6.45. The summed E-state index contributed by atoms with van der Waals surface area (Å²) >= 11 is 5.83. The number of halogens is 4. The molecule has 0 spiro atoms. The first-order valence-corrected chi connectivity index (χ1v) is 8.08. The fourth-order valence-electron chi connectivity index (χ4n) is 2.36. The number of hydrogen-bond donors (Lipinski definition) is 3. The van der Waals surface area contributed by atoms with E-state index in [1.54, 1.807) is 18.2 Å². The van der Waals surface area contributed by atoms with E-state index in [1.807, 2.05) is 0 Å². The average Bonchev–Trinajstić information content (AvgIpc) is 2.59. The van der Waals surface area contributed by atoms with Gasteiger partial charge >= 0.3 is 12.1 Å². The Morgan fingerprint density at radius 2 is 1.74 bits per heavy atom. The predicted octanol–water partition coefficient (Wildman–Crippen LogP) is 3.20. The van der Waals surface area contributed by atoms with E-state index < -0.39 is 35.8 Å². The van der Waals surface area contributed by atoms with Gasteiger partial charge in [0, 0.05) is 11.4 Å². The van der Waals surface area contributed by atoms with Gasteiger partial charge in [0.2, 0.25) is 0 Å². The van der Waals surface area contributed by atoms with Crippen molar-refractivity contribution in [1.82, 2.24) is 5.32 Å². The van der Waals surface area contributed by atoms with E-state index in [-0.39, 0.29) is 12.0 Å². The Morgan fingerprint density at radius 3 is 2.26 bits per heavy atom. The minimum atomic E-state index is -4.54. The molecule has 0 aromatic heterocycles. The molecule has 0 saturated heterocycles. The highest BCUT2D eigenvalue weighted by molar-refractivity contribution is 6.30. The fraction of sp³-hybridized carbons (Fsp3) is 0.222. The van der Waals surface area contributed by atoms with Gasteiger partial charge in [-0.15, -0.1) is 0 Å². The maximum absolute atomic E-state index is 12.6. The number of carboxylic acids is 1. The van der Waals surface area contributed by atoms with Gasteiger partial charge in [0.05, 0.1) is 5.56 Å². The summed E-state index contributed by atoms with van der Waals surface area (Å²) in [5, 5.41) is 21.9. The number of carboxylic acid groups (broad SMARTS) is 1.